The third kappa shape index (κ3) is 15.1. The molecule has 0 unspecified atom stereocenters. The second-order valence-corrected chi connectivity index (χ2v) is 15.5. The van der Waals surface area contributed by atoms with Gasteiger partial charge in [-0.15, -0.1) is 0 Å². The Labute approximate surface area is 353 Å². The van der Waals surface area contributed by atoms with Crippen molar-refractivity contribution in [3.8, 4) is 22.6 Å². The summed E-state index contributed by atoms with van der Waals surface area (Å²) in [5, 5.41) is 19.3. The van der Waals surface area contributed by atoms with E-state index < -0.39 is 24.4 Å². The molecule has 1 aliphatic rings. The fraction of sp³-hybridized carbons (Fsp3) is 0.422. The Hall–Kier alpha value is -3.95. The zero-order chi connectivity index (χ0) is 41.6. The molecule has 0 bridgehead atoms. The van der Waals surface area contributed by atoms with Gasteiger partial charge in [-0.1, -0.05) is 62.0 Å². The first-order valence-electron chi connectivity index (χ1n) is 18.8. The number of benzene rings is 4. The van der Waals surface area contributed by atoms with Gasteiger partial charge in [0, 0.05) is 3.57 Å². The van der Waals surface area contributed by atoms with E-state index in [4.69, 9.17) is 28.3 Å². The average Bonchev–Trinajstić information content (AvgIpc) is 3.39. The Morgan fingerprint density at radius 2 is 1.07 bits per heavy atom. The van der Waals surface area contributed by atoms with Crippen LogP contribution in [0.3, 0.4) is 0 Å². The predicted molar refractivity (Wildman–Crippen MR) is 235 cm³/mol. The first-order valence-corrected chi connectivity index (χ1v) is 19.9. The van der Waals surface area contributed by atoms with Crippen LogP contribution in [0.1, 0.15) is 100.0 Å². The molecule has 2 N–H and O–H groups in total. The minimum Gasteiger partial charge on any atom is -0.479 e. The van der Waals surface area contributed by atoms with Crippen molar-refractivity contribution in [3.05, 3.63) is 112 Å². The highest BCUT2D eigenvalue weighted by Crippen LogP contribution is 2.36. The highest BCUT2D eigenvalue weighted by molar-refractivity contribution is 14.1. The first kappa shape index (κ1) is 49.2. The highest BCUT2D eigenvalue weighted by Gasteiger charge is 2.51. The predicted octanol–water partition coefficient (Wildman–Crippen LogP) is 9.03. The molecule has 5 rings (SSSR count). The Bertz CT molecular complexity index is 1810. The summed E-state index contributed by atoms with van der Waals surface area (Å²) in [7, 11) is -0.367. The number of carbonyl (C=O) groups is 2. The van der Waals surface area contributed by atoms with E-state index in [1.807, 2.05) is 125 Å². The summed E-state index contributed by atoms with van der Waals surface area (Å²) in [6.07, 6.45) is -2.18. The van der Waals surface area contributed by atoms with E-state index >= 15 is 0 Å². The summed E-state index contributed by atoms with van der Waals surface area (Å²) >= 11 is 2.21. The smallest absolute Gasteiger partial charge is 0.479 e. The van der Waals surface area contributed by atoms with Gasteiger partial charge in [0.2, 0.25) is 0 Å². The summed E-state index contributed by atoms with van der Waals surface area (Å²) in [5.41, 5.74) is 4.07. The lowest BCUT2D eigenvalue weighted by atomic mass is 9.78. The molecule has 0 amide bonds. The number of aliphatic hydroxyl groups is 2. The van der Waals surface area contributed by atoms with Crippen LogP contribution in [-0.2, 0) is 28.4 Å². The van der Waals surface area contributed by atoms with Gasteiger partial charge in [0.25, 0.3) is 0 Å². The maximum absolute atomic E-state index is 11.6. The van der Waals surface area contributed by atoms with Gasteiger partial charge < -0.3 is 38.5 Å². The van der Waals surface area contributed by atoms with Crippen molar-refractivity contribution < 1.29 is 48.1 Å². The SMILES string of the molecule is C.CCOC(=O)[C@@H](C)Oc1ccc(-c2cccc([C@@H](C)O)c2)cc1.CCOC(=O)[C@@H](C)Oc1ccc(I)cc1.C[C@@H](O)c1cccc(B2OC(C)(C)C(C)(C)O2)c1. The van der Waals surface area contributed by atoms with E-state index in [0.717, 1.165) is 31.3 Å². The molecule has 0 aliphatic carbocycles. The van der Waals surface area contributed by atoms with Gasteiger partial charge in [0.15, 0.2) is 12.2 Å². The lowest BCUT2D eigenvalue weighted by Gasteiger charge is -2.32. The monoisotopic (exact) mass is 898 g/mol. The Kier molecular flexibility index (Phi) is 19.7. The summed E-state index contributed by atoms with van der Waals surface area (Å²) in [6.45, 7) is 19.2. The molecule has 4 atom stereocenters. The molecule has 0 spiro atoms. The summed E-state index contributed by atoms with van der Waals surface area (Å²) in [6, 6.07) is 30.5. The molecule has 310 valence electrons. The summed E-state index contributed by atoms with van der Waals surface area (Å²) in [5.74, 6) is 0.578. The van der Waals surface area contributed by atoms with Crippen LogP contribution in [0.2, 0.25) is 0 Å². The molecule has 1 saturated heterocycles. The van der Waals surface area contributed by atoms with Crippen molar-refractivity contribution >= 4 is 47.1 Å². The van der Waals surface area contributed by atoms with Crippen molar-refractivity contribution in [2.45, 2.75) is 112 Å². The lowest BCUT2D eigenvalue weighted by Crippen LogP contribution is -2.41. The molecular formula is C45H60BIO10. The van der Waals surface area contributed by atoms with E-state index in [2.05, 4.69) is 22.6 Å². The minimum atomic E-state index is -0.639. The molecule has 0 saturated carbocycles. The molecule has 4 aromatic rings. The van der Waals surface area contributed by atoms with E-state index in [9.17, 15) is 19.8 Å². The summed E-state index contributed by atoms with van der Waals surface area (Å²) < 4.78 is 33.8. The molecule has 0 aromatic heterocycles. The van der Waals surface area contributed by atoms with Gasteiger partial charge in [-0.2, -0.15) is 0 Å². The Balaban J connectivity index is 0.000000300. The number of rotatable bonds is 12. The van der Waals surface area contributed by atoms with Gasteiger partial charge in [-0.05, 0) is 162 Å². The summed E-state index contributed by atoms with van der Waals surface area (Å²) in [4.78, 5) is 22.8. The van der Waals surface area contributed by atoms with Gasteiger partial charge >= 0.3 is 19.1 Å². The average molecular weight is 899 g/mol. The topological polar surface area (TPSA) is 130 Å². The van der Waals surface area contributed by atoms with Gasteiger partial charge in [-0.25, -0.2) is 9.59 Å². The molecule has 12 heteroatoms. The molecule has 1 aliphatic heterocycles. The minimum absolute atomic E-state index is 0. The van der Waals surface area contributed by atoms with E-state index in [1.165, 1.54) is 0 Å². The van der Waals surface area contributed by atoms with Crippen LogP contribution in [0.25, 0.3) is 11.1 Å². The van der Waals surface area contributed by atoms with Crippen molar-refractivity contribution in [1.82, 2.24) is 0 Å². The van der Waals surface area contributed by atoms with Crippen molar-refractivity contribution in [2.24, 2.45) is 0 Å². The van der Waals surface area contributed by atoms with Crippen LogP contribution in [0.15, 0.2) is 97.1 Å². The van der Waals surface area contributed by atoms with Crippen LogP contribution in [0.5, 0.6) is 11.5 Å². The Morgan fingerprint density at radius 3 is 1.51 bits per heavy atom. The molecule has 1 fully saturated rings. The lowest BCUT2D eigenvalue weighted by molar-refractivity contribution is -0.151. The number of hydrogen-bond donors (Lipinski definition) is 2. The van der Waals surface area contributed by atoms with Crippen LogP contribution in [0.4, 0.5) is 0 Å². The molecule has 0 radical (unpaired) electrons. The normalized spacial score (nSPS) is 15.8. The molecule has 4 aromatic carbocycles. The number of carbonyl (C=O) groups excluding carboxylic acids is 2. The second-order valence-electron chi connectivity index (χ2n) is 14.2. The third-order valence-corrected chi connectivity index (χ3v) is 9.87. The maximum atomic E-state index is 11.6. The second kappa shape index (κ2) is 22.9. The number of hydrogen-bond acceptors (Lipinski definition) is 10. The van der Waals surface area contributed by atoms with Crippen LogP contribution >= 0.6 is 22.6 Å². The van der Waals surface area contributed by atoms with Crippen molar-refractivity contribution in [3.63, 3.8) is 0 Å². The first-order chi connectivity index (χ1) is 26.4. The van der Waals surface area contributed by atoms with Crippen LogP contribution in [0, 0.1) is 3.57 Å². The van der Waals surface area contributed by atoms with Gasteiger partial charge in [-0.3, -0.25) is 0 Å². The van der Waals surface area contributed by atoms with Crippen molar-refractivity contribution in [2.75, 3.05) is 13.2 Å². The van der Waals surface area contributed by atoms with Crippen molar-refractivity contribution in [1.29, 1.82) is 0 Å². The number of halogens is 1. The largest absolute Gasteiger partial charge is 0.494 e. The fourth-order valence-corrected chi connectivity index (χ4v) is 5.55. The van der Waals surface area contributed by atoms with Gasteiger partial charge in [0.05, 0.1) is 36.6 Å². The highest BCUT2D eigenvalue weighted by atomic mass is 127. The maximum Gasteiger partial charge on any atom is 0.494 e. The molecule has 57 heavy (non-hydrogen) atoms. The molecular weight excluding hydrogens is 838 g/mol. The zero-order valence-electron chi connectivity index (χ0n) is 34.1. The number of esters is 2. The van der Waals surface area contributed by atoms with Crippen LogP contribution < -0.4 is 14.9 Å². The van der Waals surface area contributed by atoms with E-state index in [1.54, 1.807) is 41.5 Å². The molecule has 10 nitrogen and oxygen atoms in total. The fourth-order valence-electron chi connectivity index (χ4n) is 5.19. The van der Waals surface area contributed by atoms with E-state index in [0.29, 0.717) is 24.7 Å². The molecule has 1 heterocycles. The standard InChI is InChI=1S/C19H22O4.C14H21BO3.C11H13IO3.CH4/c1-4-22-19(21)14(3)23-18-10-8-15(9-11-18)17-7-5-6-16(12-17)13(2)20;1-10(16)11-7-6-8-12(9-11)15-17-13(2,3)14(4,5)18-15;1-3-14-11(13)8(2)15-10-6-4-9(12)5-7-10;/h5-14,20H,4H2,1-3H3;6-10,16H,1-5H3;4-8H,3H2,1-2H3;1H4/t13-,14-;10-;8-;/m111./s1. The van der Waals surface area contributed by atoms with E-state index in [-0.39, 0.29) is 37.7 Å². The number of aliphatic hydroxyl groups excluding tert-OH is 2. The quantitative estimate of drug-likeness (QED) is 0.0808. The van der Waals surface area contributed by atoms with Gasteiger partial charge in [0.1, 0.15) is 11.5 Å². The Morgan fingerprint density at radius 1 is 0.649 bits per heavy atom. The zero-order valence-corrected chi connectivity index (χ0v) is 36.2. The van der Waals surface area contributed by atoms with Crippen LogP contribution in [-0.4, -0.2) is 65.9 Å². The number of ether oxygens (including phenoxy) is 4. The third-order valence-electron chi connectivity index (χ3n) is 9.15.